The Morgan fingerprint density at radius 3 is 3.00 bits per heavy atom. The zero-order chi connectivity index (χ0) is 14.8. The Hall–Kier alpha value is -2.77. The number of H-pyrrole nitrogens is 1. The Morgan fingerprint density at radius 1 is 1.38 bits per heavy atom. The first-order chi connectivity index (χ1) is 10.1. The van der Waals surface area contributed by atoms with Crippen LogP contribution in [0.3, 0.4) is 0 Å². The fourth-order valence-electron chi connectivity index (χ4n) is 2.07. The molecule has 3 aromatic heterocycles. The van der Waals surface area contributed by atoms with Crippen molar-refractivity contribution in [1.82, 2.24) is 34.9 Å². The average molecular weight is 285 g/mol. The van der Waals surface area contributed by atoms with Crippen LogP contribution < -0.4 is 5.32 Å². The van der Waals surface area contributed by atoms with E-state index in [0.29, 0.717) is 18.7 Å². The number of hydrogen-bond acceptors (Lipinski definition) is 5. The second-order valence-electron chi connectivity index (χ2n) is 4.73. The average Bonchev–Trinajstić information content (AvgIpc) is 3.07. The molecule has 0 atom stereocenters. The van der Waals surface area contributed by atoms with Crippen LogP contribution in [0.5, 0.6) is 0 Å². The number of amides is 1. The highest BCUT2D eigenvalue weighted by molar-refractivity contribution is 5.90. The lowest BCUT2D eigenvalue weighted by molar-refractivity contribution is 0.0944. The molecular formula is C13H15N7O. The molecule has 1 amide bonds. The molecule has 0 saturated carbocycles. The largest absolute Gasteiger partial charge is 0.349 e. The van der Waals surface area contributed by atoms with Gasteiger partial charge < -0.3 is 10.3 Å². The van der Waals surface area contributed by atoms with Gasteiger partial charge in [0.15, 0.2) is 0 Å². The van der Waals surface area contributed by atoms with Crippen LogP contribution in [0.2, 0.25) is 0 Å². The molecule has 3 rings (SSSR count). The van der Waals surface area contributed by atoms with Crippen LogP contribution >= 0.6 is 0 Å². The lowest BCUT2D eigenvalue weighted by Crippen LogP contribution is -2.27. The summed E-state index contributed by atoms with van der Waals surface area (Å²) >= 11 is 0. The van der Waals surface area contributed by atoms with Gasteiger partial charge in [0.2, 0.25) is 5.82 Å². The van der Waals surface area contributed by atoms with Gasteiger partial charge in [-0.15, -0.1) is 5.10 Å². The third-order valence-corrected chi connectivity index (χ3v) is 3.02. The van der Waals surface area contributed by atoms with E-state index in [2.05, 4.69) is 30.4 Å². The summed E-state index contributed by atoms with van der Waals surface area (Å²) in [6.07, 6.45) is 4.05. The Bertz CT molecular complexity index is 775. The molecule has 108 valence electrons. The minimum atomic E-state index is -0.316. The molecule has 3 aromatic rings. The second kappa shape index (κ2) is 5.31. The number of aryl methyl sites for hydroxylation is 2. The highest BCUT2D eigenvalue weighted by Crippen LogP contribution is 2.05. The quantitative estimate of drug-likeness (QED) is 0.724. The highest BCUT2D eigenvalue weighted by atomic mass is 16.2. The summed E-state index contributed by atoms with van der Waals surface area (Å²) in [6, 6.07) is 1.89. The molecule has 2 N–H and O–H groups in total. The van der Waals surface area contributed by atoms with Crippen molar-refractivity contribution in [1.29, 1.82) is 0 Å². The molecule has 3 heterocycles. The van der Waals surface area contributed by atoms with Gasteiger partial charge >= 0.3 is 0 Å². The van der Waals surface area contributed by atoms with Crippen molar-refractivity contribution in [2.75, 3.05) is 6.54 Å². The minimum absolute atomic E-state index is 0.121. The second-order valence-corrected chi connectivity index (χ2v) is 4.73. The van der Waals surface area contributed by atoms with E-state index in [-0.39, 0.29) is 11.7 Å². The van der Waals surface area contributed by atoms with E-state index in [9.17, 15) is 4.79 Å². The molecule has 0 aromatic carbocycles. The van der Waals surface area contributed by atoms with E-state index in [1.807, 2.05) is 19.9 Å². The summed E-state index contributed by atoms with van der Waals surface area (Å²) in [6.45, 7) is 4.24. The van der Waals surface area contributed by atoms with Crippen LogP contribution in [0.1, 0.15) is 27.8 Å². The molecule has 8 nitrogen and oxygen atoms in total. The minimum Gasteiger partial charge on any atom is -0.349 e. The maximum absolute atomic E-state index is 12.0. The SMILES string of the molecule is Cc1cc(C)n2nc(C(=O)NCCc3ncc[nH]3)nc2n1. The summed E-state index contributed by atoms with van der Waals surface area (Å²) in [4.78, 5) is 27.5. The monoisotopic (exact) mass is 285 g/mol. The number of carbonyl (C=O) groups is 1. The maximum Gasteiger partial charge on any atom is 0.291 e. The molecular weight excluding hydrogens is 270 g/mol. The molecule has 0 fully saturated rings. The third kappa shape index (κ3) is 2.73. The fourth-order valence-corrected chi connectivity index (χ4v) is 2.07. The lowest BCUT2D eigenvalue weighted by Gasteiger charge is -2.00. The van der Waals surface area contributed by atoms with E-state index < -0.39 is 0 Å². The number of hydrogen-bond donors (Lipinski definition) is 2. The molecule has 8 heteroatoms. The molecule has 0 saturated heterocycles. The van der Waals surface area contributed by atoms with Gasteiger partial charge in [0.05, 0.1) is 0 Å². The van der Waals surface area contributed by atoms with Crippen LogP contribution in [0.15, 0.2) is 18.5 Å². The van der Waals surface area contributed by atoms with Crippen molar-refractivity contribution in [3.8, 4) is 0 Å². The van der Waals surface area contributed by atoms with Gasteiger partial charge in [-0.1, -0.05) is 0 Å². The van der Waals surface area contributed by atoms with Crippen molar-refractivity contribution in [2.45, 2.75) is 20.3 Å². The molecule has 0 aliphatic carbocycles. The van der Waals surface area contributed by atoms with Crippen LogP contribution in [0.25, 0.3) is 5.78 Å². The van der Waals surface area contributed by atoms with Gasteiger partial charge in [-0.2, -0.15) is 4.98 Å². The number of rotatable bonds is 4. The molecule has 0 radical (unpaired) electrons. The number of nitrogens with one attached hydrogen (secondary N) is 2. The van der Waals surface area contributed by atoms with Crippen molar-refractivity contribution in [2.24, 2.45) is 0 Å². The van der Waals surface area contributed by atoms with Gasteiger partial charge in [0.25, 0.3) is 11.7 Å². The van der Waals surface area contributed by atoms with Gasteiger partial charge in [0, 0.05) is 36.7 Å². The van der Waals surface area contributed by atoms with E-state index in [4.69, 9.17) is 0 Å². The molecule has 21 heavy (non-hydrogen) atoms. The van der Waals surface area contributed by atoms with E-state index in [1.165, 1.54) is 0 Å². The van der Waals surface area contributed by atoms with Gasteiger partial charge in [-0.3, -0.25) is 4.79 Å². The van der Waals surface area contributed by atoms with Crippen molar-refractivity contribution >= 4 is 11.7 Å². The third-order valence-electron chi connectivity index (χ3n) is 3.02. The first-order valence-electron chi connectivity index (χ1n) is 6.61. The predicted octanol–water partition coefficient (Wildman–Crippen LogP) is 0.437. The standard InChI is InChI=1S/C13H15N7O/c1-8-7-9(2)20-13(17-8)18-11(19-20)12(21)16-4-3-10-14-5-6-15-10/h5-7H,3-4H2,1-2H3,(H,14,15)(H,16,21). The molecule has 0 spiro atoms. The predicted molar refractivity (Wildman–Crippen MR) is 74.9 cm³/mol. The fraction of sp³-hybridized carbons (Fsp3) is 0.308. The Morgan fingerprint density at radius 2 is 2.24 bits per heavy atom. The topological polar surface area (TPSA) is 101 Å². The summed E-state index contributed by atoms with van der Waals surface area (Å²) in [5.41, 5.74) is 1.73. The number of carbonyl (C=O) groups excluding carboxylic acids is 1. The van der Waals surface area contributed by atoms with Crippen LogP contribution in [0, 0.1) is 13.8 Å². The molecule has 0 bridgehead atoms. The van der Waals surface area contributed by atoms with E-state index >= 15 is 0 Å². The Labute approximate surface area is 120 Å². The first kappa shape index (κ1) is 13.2. The highest BCUT2D eigenvalue weighted by Gasteiger charge is 2.14. The number of imidazole rings is 1. The maximum atomic E-state index is 12.0. The summed E-state index contributed by atoms with van der Waals surface area (Å²) in [5.74, 6) is 1.06. The Kier molecular flexibility index (Phi) is 3.35. The van der Waals surface area contributed by atoms with Crippen LogP contribution in [-0.4, -0.2) is 42.0 Å². The van der Waals surface area contributed by atoms with Crippen molar-refractivity contribution in [3.05, 3.63) is 41.5 Å². The molecule has 0 aliphatic rings. The zero-order valence-electron chi connectivity index (χ0n) is 11.8. The number of aromatic nitrogens is 6. The van der Waals surface area contributed by atoms with Gasteiger partial charge in [-0.05, 0) is 19.9 Å². The zero-order valence-corrected chi connectivity index (χ0v) is 11.8. The number of fused-ring (bicyclic) bond motifs is 1. The molecule has 0 aliphatic heterocycles. The smallest absolute Gasteiger partial charge is 0.291 e. The van der Waals surface area contributed by atoms with E-state index in [0.717, 1.165) is 17.2 Å². The van der Waals surface area contributed by atoms with Gasteiger partial charge in [0.1, 0.15) is 5.82 Å². The number of nitrogens with zero attached hydrogens (tertiary/aromatic N) is 5. The Balaban J connectivity index is 1.71. The summed E-state index contributed by atoms with van der Waals surface area (Å²) in [5, 5.41) is 6.94. The van der Waals surface area contributed by atoms with Crippen molar-refractivity contribution < 1.29 is 4.79 Å². The van der Waals surface area contributed by atoms with E-state index in [1.54, 1.807) is 16.9 Å². The summed E-state index contributed by atoms with van der Waals surface area (Å²) in [7, 11) is 0. The van der Waals surface area contributed by atoms with Crippen LogP contribution in [-0.2, 0) is 6.42 Å². The van der Waals surface area contributed by atoms with Crippen LogP contribution in [0.4, 0.5) is 0 Å². The first-order valence-corrected chi connectivity index (χ1v) is 6.61. The van der Waals surface area contributed by atoms with Crippen molar-refractivity contribution in [3.63, 3.8) is 0 Å². The normalized spacial score (nSPS) is 11.0. The number of aromatic amines is 1. The molecule has 0 unspecified atom stereocenters. The lowest BCUT2D eigenvalue weighted by atomic mass is 10.4. The summed E-state index contributed by atoms with van der Waals surface area (Å²) < 4.78 is 1.56. The van der Waals surface area contributed by atoms with Gasteiger partial charge in [-0.25, -0.2) is 14.5 Å².